The fraction of sp³-hybridized carbons (Fsp3) is 0.692. The van der Waals surface area contributed by atoms with Crippen LogP contribution >= 0.6 is 12.2 Å². The highest BCUT2D eigenvalue weighted by Crippen LogP contribution is 2.27. The molecular weight excluding hydrogens is 232 g/mol. The molecule has 0 aliphatic heterocycles. The minimum atomic E-state index is -0.395. The quantitative estimate of drug-likeness (QED) is 0.829. The van der Waals surface area contributed by atoms with Gasteiger partial charge in [-0.3, -0.25) is 0 Å². The average molecular weight is 254 g/mol. The predicted octanol–water partition coefficient (Wildman–Crippen LogP) is 3.84. The minimum Gasteiger partial charge on any atom is -0.371 e. The van der Waals surface area contributed by atoms with Gasteiger partial charge in [0, 0.05) is 18.4 Å². The van der Waals surface area contributed by atoms with Gasteiger partial charge in [0.2, 0.25) is 0 Å². The van der Waals surface area contributed by atoms with E-state index in [4.69, 9.17) is 17.0 Å². The molecule has 17 heavy (non-hydrogen) atoms. The van der Waals surface area contributed by atoms with Crippen molar-refractivity contribution in [2.24, 2.45) is 0 Å². The SMILES string of the molecule is CCC(C)(OC)c1nc(=S)c(C(C)C)c(C)[nH]1. The van der Waals surface area contributed by atoms with Crippen LogP contribution in [0.4, 0.5) is 0 Å². The Labute approximate surface area is 109 Å². The Morgan fingerprint density at radius 2 is 2.06 bits per heavy atom. The van der Waals surface area contributed by atoms with Crippen molar-refractivity contribution in [1.29, 1.82) is 0 Å². The number of aromatic nitrogens is 2. The van der Waals surface area contributed by atoms with Gasteiger partial charge in [-0.25, -0.2) is 4.98 Å². The van der Waals surface area contributed by atoms with Crippen molar-refractivity contribution in [3.05, 3.63) is 21.7 Å². The van der Waals surface area contributed by atoms with Gasteiger partial charge < -0.3 is 9.72 Å². The number of nitrogens with one attached hydrogen (secondary N) is 1. The summed E-state index contributed by atoms with van der Waals surface area (Å²) in [6.45, 7) is 10.4. The standard InChI is InChI=1S/C13H22N2OS/c1-7-13(5,16-6)12-14-9(4)10(8(2)3)11(17)15-12/h8H,7H2,1-6H3,(H,14,15,17). The Morgan fingerprint density at radius 3 is 2.41 bits per heavy atom. The summed E-state index contributed by atoms with van der Waals surface area (Å²) in [7, 11) is 1.70. The van der Waals surface area contributed by atoms with Crippen molar-refractivity contribution in [1.82, 2.24) is 9.97 Å². The molecule has 0 aliphatic rings. The van der Waals surface area contributed by atoms with E-state index in [1.54, 1.807) is 7.11 Å². The molecule has 1 rings (SSSR count). The molecular formula is C13H22N2OS. The second kappa shape index (κ2) is 5.27. The summed E-state index contributed by atoms with van der Waals surface area (Å²) in [5.74, 6) is 1.20. The molecule has 0 aromatic carbocycles. The zero-order valence-electron chi connectivity index (χ0n) is 11.5. The van der Waals surface area contributed by atoms with E-state index in [0.717, 1.165) is 23.5 Å². The molecule has 4 heteroatoms. The molecule has 0 spiro atoms. The summed E-state index contributed by atoms with van der Waals surface area (Å²) in [5.41, 5.74) is 1.82. The molecule has 96 valence electrons. The summed E-state index contributed by atoms with van der Waals surface area (Å²) >= 11 is 5.38. The molecule has 0 radical (unpaired) electrons. The normalized spacial score (nSPS) is 15.0. The Morgan fingerprint density at radius 1 is 1.47 bits per heavy atom. The molecule has 1 aromatic rings. The number of hydrogen-bond acceptors (Lipinski definition) is 3. The van der Waals surface area contributed by atoms with Crippen molar-refractivity contribution >= 4 is 12.2 Å². The largest absolute Gasteiger partial charge is 0.371 e. The molecule has 0 bridgehead atoms. The van der Waals surface area contributed by atoms with Gasteiger partial charge in [0.15, 0.2) is 0 Å². The molecule has 0 aliphatic carbocycles. The van der Waals surface area contributed by atoms with Gasteiger partial charge in [-0.15, -0.1) is 0 Å². The number of rotatable bonds is 4. The van der Waals surface area contributed by atoms with Crippen molar-refractivity contribution < 1.29 is 4.74 Å². The molecule has 1 atom stereocenters. The summed E-state index contributed by atoms with van der Waals surface area (Å²) in [4.78, 5) is 7.84. The van der Waals surface area contributed by atoms with Gasteiger partial charge in [0.25, 0.3) is 0 Å². The van der Waals surface area contributed by atoms with Crippen LogP contribution in [0.5, 0.6) is 0 Å². The maximum Gasteiger partial charge on any atom is 0.139 e. The maximum atomic E-state index is 5.54. The lowest BCUT2D eigenvalue weighted by Crippen LogP contribution is -2.27. The van der Waals surface area contributed by atoms with Crippen molar-refractivity contribution in [2.75, 3.05) is 7.11 Å². The van der Waals surface area contributed by atoms with Crippen LogP contribution < -0.4 is 0 Å². The molecule has 0 amide bonds. The van der Waals surface area contributed by atoms with Crippen molar-refractivity contribution in [3.63, 3.8) is 0 Å². The molecule has 0 saturated heterocycles. The van der Waals surface area contributed by atoms with Crippen LogP contribution in [0, 0.1) is 11.6 Å². The number of aryl methyl sites for hydroxylation is 1. The van der Waals surface area contributed by atoms with Gasteiger partial charge in [-0.1, -0.05) is 33.0 Å². The molecule has 1 unspecified atom stereocenters. The van der Waals surface area contributed by atoms with E-state index < -0.39 is 5.60 Å². The van der Waals surface area contributed by atoms with Gasteiger partial charge in [0.1, 0.15) is 16.1 Å². The molecule has 0 saturated carbocycles. The number of methoxy groups -OCH3 is 1. The zero-order valence-corrected chi connectivity index (χ0v) is 12.4. The van der Waals surface area contributed by atoms with Crippen molar-refractivity contribution in [2.45, 2.75) is 52.6 Å². The third-order valence-corrected chi connectivity index (χ3v) is 3.67. The van der Waals surface area contributed by atoms with Crippen LogP contribution in [0.3, 0.4) is 0 Å². The summed E-state index contributed by atoms with van der Waals surface area (Å²) in [6, 6.07) is 0. The Balaban J connectivity index is 3.38. The van der Waals surface area contributed by atoms with E-state index in [1.165, 1.54) is 0 Å². The van der Waals surface area contributed by atoms with E-state index in [1.807, 2.05) is 13.8 Å². The first-order valence-electron chi connectivity index (χ1n) is 6.02. The van der Waals surface area contributed by atoms with Crippen LogP contribution in [0.25, 0.3) is 0 Å². The molecule has 1 N–H and O–H groups in total. The second-order valence-corrected chi connectivity index (χ2v) is 5.26. The average Bonchev–Trinajstić information content (AvgIpc) is 2.26. The first-order valence-corrected chi connectivity index (χ1v) is 6.43. The van der Waals surface area contributed by atoms with E-state index in [-0.39, 0.29) is 0 Å². The smallest absolute Gasteiger partial charge is 0.139 e. The van der Waals surface area contributed by atoms with Crippen LogP contribution in [-0.2, 0) is 10.3 Å². The highest BCUT2D eigenvalue weighted by molar-refractivity contribution is 7.71. The topological polar surface area (TPSA) is 37.9 Å². The molecule has 1 heterocycles. The lowest BCUT2D eigenvalue weighted by atomic mass is 10.00. The van der Waals surface area contributed by atoms with E-state index in [0.29, 0.717) is 10.6 Å². The number of H-pyrrole nitrogens is 1. The fourth-order valence-corrected chi connectivity index (χ4v) is 2.41. The third-order valence-electron chi connectivity index (χ3n) is 3.36. The number of nitrogens with zero attached hydrogens (tertiary/aromatic N) is 1. The molecule has 0 fully saturated rings. The number of aromatic amines is 1. The fourth-order valence-electron chi connectivity index (χ4n) is 1.93. The lowest BCUT2D eigenvalue weighted by Gasteiger charge is -2.26. The summed E-state index contributed by atoms with van der Waals surface area (Å²) < 4.78 is 6.23. The van der Waals surface area contributed by atoms with Gasteiger partial charge in [-0.2, -0.15) is 0 Å². The van der Waals surface area contributed by atoms with E-state index in [2.05, 4.69) is 30.7 Å². The predicted molar refractivity (Wildman–Crippen MR) is 72.9 cm³/mol. The Bertz CT molecular complexity index is 447. The van der Waals surface area contributed by atoms with Crippen LogP contribution in [0.1, 0.15) is 57.1 Å². The van der Waals surface area contributed by atoms with Crippen molar-refractivity contribution in [3.8, 4) is 0 Å². The van der Waals surface area contributed by atoms with Gasteiger partial charge in [-0.05, 0) is 26.2 Å². The summed E-state index contributed by atoms with van der Waals surface area (Å²) in [6.07, 6.45) is 0.849. The molecule has 3 nitrogen and oxygen atoms in total. The maximum absolute atomic E-state index is 5.54. The van der Waals surface area contributed by atoms with Crippen LogP contribution in [-0.4, -0.2) is 17.1 Å². The van der Waals surface area contributed by atoms with Gasteiger partial charge in [0.05, 0.1) is 0 Å². The monoisotopic (exact) mass is 254 g/mol. The van der Waals surface area contributed by atoms with E-state index >= 15 is 0 Å². The van der Waals surface area contributed by atoms with E-state index in [9.17, 15) is 0 Å². The second-order valence-electron chi connectivity index (χ2n) is 4.87. The highest BCUT2D eigenvalue weighted by Gasteiger charge is 2.27. The van der Waals surface area contributed by atoms with Gasteiger partial charge >= 0.3 is 0 Å². The first kappa shape index (κ1) is 14.3. The molecule has 1 aromatic heterocycles. The first-order chi connectivity index (χ1) is 7.85. The summed E-state index contributed by atoms with van der Waals surface area (Å²) in [5, 5.41) is 0. The Hall–Kier alpha value is -0.740. The number of ether oxygens (including phenoxy) is 1. The Kier molecular flexibility index (Phi) is 4.44. The zero-order chi connectivity index (χ0) is 13.2. The highest BCUT2D eigenvalue weighted by atomic mass is 32.1. The number of hydrogen-bond donors (Lipinski definition) is 1. The lowest BCUT2D eigenvalue weighted by molar-refractivity contribution is -0.00925. The van der Waals surface area contributed by atoms with Crippen LogP contribution in [0.2, 0.25) is 0 Å². The third kappa shape index (κ3) is 2.75. The minimum absolute atomic E-state index is 0.385. The van der Waals surface area contributed by atoms with Crippen LogP contribution in [0.15, 0.2) is 0 Å².